The molecule has 0 aliphatic heterocycles. The lowest BCUT2D eigenvalue weighted by Gasteiger charge is -2.16. The van der Waals surface area contributed by atoms with Crippen LogP contribution in [-0.2, 0) is 0 Å². The van der Waals surface area contributed by atoms with Gasteiger partial charge in [0.2, 0.25) is 5.39 Å². The molecular weight excluding hydrogens is 318 g/mol. The van der Waals surface area contributed by atoms with Gasteiger partial charge in [0.05, 0.1) is 11.1 Å². The highest BCUT2D eigenvalue weighted by molar-refractivity contribution is 7.99. The fourth-order valence-electron chi connectivity index (χ4n) is 2.03. The molecule has 0 bridgehead atoms. The Morgan fingerprint density at radius 2 is 2.00 bits per heavy atom. The van der Waals surface area contributed by atoms with Gasteiger partial charge in [-0.05, 0) is 24.0 Å². The van der Waals surface area contributed by atoms with Crippen LogP contribution in [-0.4, -0.2) is 18.7 Å². The largest absolute Gasteiger partial charge is 0.410 e. The molecule has 0 aliphatic carbocycles. The Morgan fingerprint density at radius 3 is 2.59 bits per heavy atom. The van der Waals surface area contributed by atoms with Gasteiger partial charge in [-0.3, -0.25) is 4.79 Å². The molecule has 0 aromatic heterocycles. The lowest BCUT2D eigenvalue weighted by atomic mass is 10.2. The number of rotatable bonds is 4. The molecule has 2 aromatic rings. The Bertz CT molecular complexity index is 728. The summed E-state index contributed by atoms with van der Waals surface area (Å²) in [6.45, 7) is 2.02. The average Bonchev–Trinajstić information content (AvgIpc) is 2.56. The van der Waals surface area contributed by atoms with Gasteiger partial charge < -0.3 is 4.90 Å². The predicted octanol–water partition coefficient (Wildman–Crippen LogP) is 5.21. The molecule has 0 fully saturated rings. The Balaban J connectivity index is 2.44. The molecule has 2 rings (SSSR count). The maximum atomic E-state index is 12.5. The average molecular weight is 333 g/mol. The van der Waals surface area contributed by atoms with Crippen LogP contribution in [0.3, 0.4) is 0 Å². The number of hydrogen-bond acceptors (Lipinski definition) is 3. The van der Waals surface area contributed by atoms with Crippen LogP contribution in [0.4, 0.5) is 11.4 Å². The summed E-state index contributed by atoms with van der Waals surface area (Å²) in [4.78, 5) is 18.1. The van der Waals surface area contributed by atoms with Crippen molar-refractivity contribution >= 4 is 40.6 Å². The Hall–Kier alpha value is -2.03. The highest BCUT2D eigenvalue weighted by Gasteiger charge is 2.25. The van der Waals surface area contributed by atoms with Gasteiger partial charge in [0.15, 0.2) is 4.98 Å². The normalized spacial score (nSPS) is 10.1. The molecule has 0 unspecified atom stereocenters. The Kier molecular flexibility index (Phi) is 5.42. The van der Waals surface area contributed by atoms with E-state index in [1.807, 2.05) is 13.0 Å². The lowest BCUT2D eigenvalue weighted by molar-refractivity contribution is 0.0993. The molecule has 0 spiro atoms. The van der Waals surface area contributed by atoms with Gasteiger partial charge in [-0.1, -0.05) is 36.7 Å². The number of diazo groups is 1. The SMILES string of the molecule is CCSc1cc(N(C)C(=O)c2ccccc2)c([N+]#N)cc1Cl. The highest BCUT2D eigenvalue weighted by Crippen LogP contribution is 2.38. The summed E-state index contributed by atoms with van der Waals surface area (Å²) in [6.07, 6.45) is 0. The summed E-state index contributed by atoms with van der Waals surface area (Å²) < 4.78 is 0. The lowest BCUT2D eigenvalue weighted by Crippen LogP contribution is -2.26. The number of halogens is 1. The van der Waals surface area contributed by atoms with Crippen LogP contribution < -0.4 is 4.90 Å². The van der Waals surface area contributed by atoms with E-state index in [0.717, 1.165) is 10.6 Å². The number of thioether (sulfide) groups is 1. The molecule has 0 N–H and O–H groups in total. The van der Waals surface area contributed by atoms with Gasteiger partial charge in [0.1, 0.15) is 5.69 Å². The first kappa shape index (κ1) is 16.3. The number of carbonyl (C=O) groups is 1. The minimum absolute atomic E-state index is 0.180. The number of nitrogens with zero attached hydrogens (tertiary/aromatic N) is 3. The number of carbonyl (C=O) groups excluding carboxylic acids is 1. The van der Waals surface area contributed by atoms with Gasteiger partial charge in [0.25, 0.3) is 5.91 Å². The van der Waals surface area contributed by atoms with Crippen molar-refractivity contribution in [1.29, 1.82) is 5.39 Å². The van der Waals surface area contributed by atoms with E-state index in [0.29, 0.717) is 16.3 Å². The molecule has 0 saturated heterocycles. The number of hydrogen-bond donors (Lipinski definition) is 0. The van der Waals surface area contributed by atoms with Crippen LogP contribution in [0.15, 0.2) is 47.4 Å². The van der Waals surface area contributed by atoms with Crippen LogP contribution in [0.1, 0.15) is 17.3 Å². The van der Waals surface area contributed by atoms with E-state index in [1.54, 1.807) is 55.2 Å². The zero-order chi connectivity index (χ0) is 16.1. The van der Waals surface area contributed by atoms with E-state index in [-0.39, 0.29) is 11.6 Å². The maximum Gasteiger partial charge on any atom is 0.410 e. The summed E-state index contributed by atoms with van der Waals surface area (Å²) in [5.41, 5.74) is 1.34. The van der Waals surface area contributed by atoms with E-state index in [4.69, 9.17) is 11.6 Å². The first-order chi connectivity index (χ1) is 10.6. The van der Waals surface area contributed by atoms with E-state index >= 15 is 0 Å². The molecule has 0 radical (unpaired) electrons. The van der Waals surface area contributed by atoms with E-state index < -0.39 is 0 Å². The van der Waals surface area contributed by atoms with E-state index in [9.17, 15) is 10.2 Å². The van der Waals surface area contributed by atoms with Gasteiger partial charge in [0, 0.05) is 17.5 Å². The van der Waals surface area contributed by atoms with Crippen LogP contribution in [0.25, 0.3) is 4.98 Å². The third-order valence-electron chi connectivity index (χ3n) is 3.12. The summed E-state index contributed by atoms with van der Waals surface area (Å²) in [7, 11) is 1.65. The molecule has 0 heterocycles. The number of anilines is 1. The second kappa shape index (κ2) is 7.30. The number of benzene rings is 2. The minimum Gasteiger partial charge on any atom is -0.304 e. The minimum atomic E-state index is -0.180. The van der Waals surface area contributed by atoms with Crippen molar-refractivity contribution in [2.45, 2.75) is 11.8 Å². The van der Waals surface area contributed by atoms with Crippen LogP contribution in [0, 0.1) is 5.39 Å². The van der Waals surface area contributed by atoms with E-state index in [2.05, 4.69) is 4.98 Å². The van der Waals surface area contributed by atoms with Crippen LogP contribution >= 0.6 is 23.4 Å². The van der Waals surface area contributed by atoms with Crippen molar-refractivity contribution in [2.24, 2.45) is 0 Å². The molecular formula is C16H15ClN3OS+. The van der Waals surface area contributed by atoms with Gasteiger partial charge in [-0.2, -0.15) is 0 Å². The standard InChI is InChI=1S/C16H15ClN3OS/c1-3-22-15-10-14(13(19-18)9-12(15)17)20(2)16(21)11-7-5-4-6-8-11/h4-10H,3H2,1-2H3/q+1. The third kappa shape index (κ3) is 3.41. The second-order valence-electron chi connectivity index (χ2n) is 4.53. The fourth-order valence-corrected chi connectivity index (χ4v) is 3.06. The molecule has 0 saturated carbocycles. The van der Waals surface area contributed by atoms with Crippen molar-refractivity contribution in [2.75, 3.05) is 17.7 Å². The number of amides is 1. The van der Waals surface area contributed by atoms with Crippen LogP contribution in [0.5, 0.6) is 0 Å². The maximum absolute atomic E-state index is 12.5. The predicted molar refractivity (Wildman–Crippen MR) is 91.8 cm³/mol. The Morgan fingerprint density at radius 1 is 1.32 bits per heavy atom. The summed E-state index contributed by atoms with van der Waals surface area (Å²) in [5, 5.41) is 9.69. The van der Waals surface area contributed by atoms with Crippen LogP contribution in [0.2, 0.25) is 5.02 Å². The van der Waals surface area contributed by atoms with Crippen molar-refractivity contribution in [3.63, 3.8) is 0 Å². The smallest absolute Gasteiger partial charge is 0.304 e. The Labute approximate surface area is 138 Å². The molecule has 22 heavy (non-hydrogen) atoms. The van der Waals surface area contributed by atoms with E-state index in [1.165, 1.54) is 4.90 Å². The first-order valence-electron chi connectivity index (χ1n) is 6.73. The molecule has 0 atom stereocenters. The molecule has 4 nitrogen and oxygen atoms in total. The van der Waals surface area contributed by atoms with Crippen molar-refractivity contribution in [3.05, 3.63) is 58.0 Å². The second-order valence-corrected chi connectivity index (χ2v) is 6.25. The summed E-state index contributed by atoms with van der Waals surface area (Å²) in [5.74, 6) is 0.672. The zero-order valence-electron chi connectivity index (χ0n) is 12.3. The fraction of sp³-hybridized carbons (Fsp3) is 0.188. The van der Waals surface area contributed by atoms with Gasteiger partial charge in [-0.15, -0.1) is 11.8 Å². The molecule has 6 heteroatoms. The summed E-state index contributed by atoms with van der Waals surface area (Å²) in [6, 6.07) is 12.3. The van der Waals surface area contributed by atoms with Gasteiger partial charge >= 0.3 is 5.69 Å². The van der Waals surface area contributed by atoms with Crippen molar-refractivity contribution in [3.8, 4) is 0 Å². The molecule has 1 amide bonds. The van der Waals surface area contributed by atoms with Crippen molar-refractivity contribution < 1.29 is 4.79 Å². The third-order valence-corrected chi connectivity index (χ3v) is 4.49. The monoisotopic (exact) mass is 332 g/mol. The quantitative estimate of drug-likeness (QED) is 0.570. The topological polar surface area (TPSA) is 48.5 Å². The first-order valence-corrected chi connectivity index (χ1v) is 8.09. The molecule has 2 aromatic carbocycles. The van der Waals surface area contributed by atoms with Gasteiger partial charge in [-0.25, -0.2) is 0 Å². The highest BCUT2D eigenvalue weighted by atomic mass is 35.5. The van der Waals surface area contributed by atoms with Crippen molar-refractivity contribution in [1.82, 2.24) is 0 Å². The molecule has 112 valence electrons. The zero-order valence-corrected chi connectivity index (χ0v) is 13.9. The summed E-state index contributed by atoms with van der Waals surface area (Å²) >= 11 is 7.73. The molecule has 0 aliphatic rings.